The fourth-order valence-electron chi connectivity index (χ4n) is 3.18. The highest BCUT2D eigenvalue weighted by Crippen LogP contribution is 2.30. The predicted molar refractivity (Wildman–Crippen MR) is 97.8 cm³/mol. The van der Waals surface area contributed by atoms with Crippen molar-refractivity contribution in [3.05, 3.63) is 59.2 Å². The van der Waals surface area contributed by atoms with Crippen molar-refractivity contribution in [1.29, 1.82) is 0 Å². The molecule has 4 nitrogen and oxygen atoms in total. The number of para-hydroxylation sites is 1. The molecule has 0 radical (unpaired) electrons. The SMILES string of the molecule is CCc1ccccc1N1C[C@H](C(=O)Oc2cc(C)ccc2C)CC1=O. The normalized spacial score (nSPS) is 17.0. The third kappa shape index (κ3) is 3.58. The molecule has 130 valence electrons. The molecule has 1 aliphatic rings. The fraction of sp³-hybridized carbons (Fsp3) is 0.333. The Hall–Kier alpha value is -2.62. The molecule has 3 rings (SSSR count). The smallest absolute Gasteiger partial charge is 0.316 e. The number of esters is 1. The van der Waals surface area contributed by atoms with E-state index in [0.29, 0.717) is 12.3 Å². The molecule has 0 spiro atoms. The van der Waals surface area contributed by atoms with Crippen LogP contribution < -0.4 is 9.64 Å². The van der Waals surface area contributed by atoms with E-state index in [9.17, 15) is 9.59 Å². The first-order valence-corrected chi connectivity index (χ1v) is 8.66. The first-order valence-electron chi connectivity index (χ1n) is 8.66. The Kier molecular flexibility index (Phi) is 4.88. The summed E-state index contributed by atoms with van der Waals surface area (Å²) in [7, 11) is 0. The number of hydrogen-bond donors (Lipinski definition) is 0. The molecule has 0 aliphatic carbocycles. The van der Waals surface area contributed by atoms with Crippen LogP contribution in [-0.2, 0) is 16.0 Å². The number of benzene rings is 2. The van der Waals surface area contributed by atoms with Gasteiger partial charge in [-0.3, -0.25) is 9.59 Å². The van der Waals surface area contributed by atoms with Gasteiger partial charge in [0.1, 0.15) is 5.75 Å². The Balaban J connectivity index is 1.76. The van der Waals surface area contributed by atoms with E-state index < -0.39 is 5.92 Å². The van der Waals surface area contributed by atoms with Crippen LogP contribution in [-0.4, -0.2) is 18.4 Å². The minimum Gasteiger partial charge on any atom is -0.426 e. The van der Waals surface area contributed by atoms with E-state index in [1.54, 1.807) is 4.90 Å². The highest BCUT2D eigenvalue weighted by molar-refractivity contribution is 6.00. The second kappa shape index (κ2) is 7.09. The molecule has 2 aromatic rings. The molecule has 0 unspecified atom stereocenters. The minimum absolute atomic E-state index is 0.0242. The van der Waals surface area contributed by atoms with Gasteiger partial charge < -0.3 is 9.64 Å². The number of rotatable bonds is 4. The molecular weight excluding hydrogens is 314 g/mol. The predicted octanol–water partition coefficient (Wildman–Crippen LogP) is 3.82. The number of aryl methyl sites for hydroxylation is 3. The molecule has 0 aromatic heterocycles. The monoisotopic (exact) mass is 337 g/mol. The van der Waals surface area contributed by atoms with Crippen molar-refractivity contribution in [1.82, 2.24) is 0 Å². The summed E-state index contributed by atoms with van der Waals surface area (Å²) in [5.41, 5.74) is 3.96. The van der Waals surface area contributed by atoms with Crippen LogP contribution in [0.25, 0.3) is 0 Å². The number of nitrogens with zero attached hydrogens (tertiary/aromatic N) is 1. The molecule has 4 heteroatoms. The van der Waals surface area contributed by atoms with Gasteiger partial charge in [-0.05, 0) is 49.1 Å². The van der Waals surface area contributed by atoms with E-state index >= 15 is 0 Å². The van der Waals surface area contributed by atoms with Crippen molar-refractivity contribution in [3.8, 4) is 5.75 Å². The van der Waals surface area contributed by atoms with Gasteiger partial charge in [-0.1, -0.05) is 37.3 Å². The molecule has 1 amide bonds. The number of carbonyl (C=O) groups excluding carboxylic acids is 2. The Bertz CT molecular complexity index is 813. The minimum atomic E-state index is -0.433. The average Bonchev–Trinajstić information content (AvgIpc) is 3.00. The van der Waals surface area contributed by atoms with Crippen molar-refractivity contribution in [2.75, 3.05) is 11.4 Å². The van der Waals surface area contributed by atoms with Crippen molar-refractivity contribution in [3.63, 3.8) is 0 Å². The Labute approximate surface area is 148 Å². The highest BCUT2D eigenvalue weighted by Gasteiger charge is 2.37. The van der Waals surface area contributed by atoms with Gasteiger partial charge in [0.25, 0.3) is 0 Å². The first kappa shape index (κ1) is 17.2. The Morgan fingerprint density at radius 2 is 1.96 bits per heavy atom. The van der Waals surface area contributed by atoms with Gasteiger partial charge >= 0.3 is 5.97 Å². The number of anilines is 1. The number of ether oxygens (including phenoxy) is 1. The molecule has 1 aliphatic heterocycles. The van der Waals surface area contributed by atoms with Crippen LogP contribution in [0.15, 0.2) is 42.5 Å². The number of hydrogen-bond acceptors (Lipinski definition) is 3. The first-order chi connectivity index (χ1) is 12.0. The average molecular weight is 337 g/mol. The Morgan fingerprint density at radius 1 is 1.20 bits per heavy atom. The van der Waals surface area contributed by atoms with Crippen LogP contribution in [0.2, 0.25) is 0 Å². The van der Waals surface area contributed by atoms with Gasteiger partial charge in [-0.25, -0.2) is 0 Å². The quantitative estimate of drug-likeness (QED) is 0.629. The zero-order valence-electron chi connectivity index (χ0n) is 14.9. The summed E-state index contributed by atoms with van der Waals surface area (Å²) in [5.74, 6) is -0.218. The summed E-state index contributed by atoms with van der Waals surface area (Å²) in [6.07, 6.45) is 1.04. The zero-order chi connectivity index (χ0) is 18.0. The van der Waals surface area contributed by atoms with Gasteiger partial charge in [0, 0.05) is 18.7 Å². The van der Waals surface area contributed by atoms with E-state index in [1.807, 2.05) is 56.3 Å². The summed E-state index contributed by atoms with van der Waals surface area (Å²) < 4.78 is 5.58. The second-order valence-electron chi connectivity index (χ2n) is 6.58. The highest BCUT2D eigenvalue weighted by atomic mass is 16.5. The largest absolute Gasteiger partial charge is 0.426 e. The lowest BCUT2D eigenvalue weighted by Crippen LogP contribution is -2.28. The van der Waals surface area contributed by atoms with Crippen molar-refractivity contribution in [2.45, 2.75) is 33.6 Å². The van der Waals surface area contributed by atoms with E-state index in [1.165, 1.54) is 0 Å². The third-order valence-electron chi connectivity index (χ3n) is 4.68. The summed E-state index contributed by atoms with van der Waals surface area (Å²) in [4.78, 5) is 26.7. The summed E-state index contributed by atoms with van der Waals surface area (Å²) in [6.45, 7) is 6.30. The maximum atomic E-state index is 12.6. The van der Waals surface area contributed by atoms with E-state index in [4.69, 9.17) is 4.74 Å². The van der Waals surface area contributed by atoms with Gasteiger partial charge in [0.2, 0.25) is 5.91 Å². The van der Waals surface area contributed by atoms with Crippen LogP contribution >= 0.6 is 0 Å². The van der Waals surface area contributed by atoms with Crippen LogP contribution in [0.1, 0.15) is 30.0 Å². The maximum absolute atomic E-state index is 12.6. The van der Waals surface area contributed by atoms with Gasteiger partial charge in [0.15, 0.2) is 0 Å². The van der Waals surface area contributed by atoms with Crippen molar-refractivity contribution >= 4 is 17.6 Å². The van der Waals surface area contributed by atoms with Gasteiger partial charge in [0.05, 0.1) is 5.92 Å². The van der Waals surface area contributed by atoms with Crippen molar-refractivity contribution in [2.24, 2.45) is 5.92 Å². The molecule has 25 heavy (non-hydrogen) atoms. The summed E-state index contributed by atoms with van der Waals surface area (Å²) in [5, 5.41) is 0. The molecule has 2 aromatic carbocycles. The topological polar surface area (TPSA) is 46.6 Å². The van der Waals surface area contributed by atoms with E-state index in [2.05, 4.69) is 6.92 Å². The third-order valence-corrected chi connectivity index (χ3v) is 4.68. The number of amides is 1. The lowest BCUT2D eigenvalue weighted by Gasteiger charge is -2.19. The van der Waals surface area contributed by atoms with Crippen molar-refractivity contribution < 1.29 is 14.3 Å². The second-order valence-corrected chi connectivity index (χ2v) is 6.58. The van der Waals surface area contributed by atoms with Crippen LogP contribution in [0, 0.1) is 19.8 Å². The molecule has 1 atom stereocenters. The van der Waals surface area contributed by atoms with Crippen LogP contribution in [0.3, 0.4) is 0 Å². The van der Waals surface area contributed by atoms with Crippen LogP contribution in [0.5, 0.6) is 5.75 Å². The lowest BCUT2D eigenvalue weighted by molar-refractivity contribution is -0.139. The molecule has 1 saturated heterocycles. The summed E-state index contributed by atoms with van der Waals surface area (Å²) >= 11 is 0. The van der Waals surface area contributed by atoms with Gasteiger partial charge in [-0.2, -0.15) is 0 Å². The summed E-state index contributed by atoms with van der Waals surface area (Å²) in [6, 6.07) is 13.6. The lowest BCUT2D eigenvalue weighted by atomic mass is 10.1. The Morgan fingerprint density at radius 3 is 2.72 bits per heavy atom. The molecule has 0 N–H and O–H groups in total. The zero-order valence-corrected chi connectivity index (χ0v) is 14.9. The van der Waals surface area contributed by atoms with E-state index in [0.717, 1.165) is 28.8 Å². The molecule has 0 bridgehead atoms. The number of carbonyl (C=O) groups is 2. The molecule has 1 fully saturated rings. The van der Waals surface area contributed by atoms with Gasteiger partial charge in [-0.15, -0.1) is 0 Å². The molecule has 1 heterocycles. The maximum Gasteiger partial charge on any atom is 0.316 e. The van der Waals surface area contributed by atoms with E-state index in [-0.39, 0.29) is 18.3 Å². The van der Waals surface area contributed by atoms with Crippen LogP contribution in [0.4, 0.5) is 5.69 Å². The fourth-order valence-corrected chi connectivity index (χ4v) is 3.18. The standard InChI is InChI=1S/C21H23NO3/c1-4-16-7-5-6-8-18(16)22-13-17(12-20(22)23)21(24)25-19-11-14(2)9-10-15(19)3/h5-11,17H,4,12-13H2,1-3H3/t17-/m1/s1. The molecular formula is C21H23NO3. The molecule has 0 saturated carbocycles.